The molecule has 2 aromatic heterocycles. The number of fused-ring (bicyclic) bond motifs is 1. The van der Waals surface area contributed by atoms with Crippen LogP contribution in [0, 0.1) is 5.82 Å². The van der Waals surface area contributed by atoms with E-state index in [1.54, 1.807) is 17.4 Å². The standard InChI is InChI=1S/C15H15FN2S/c1-2-3-15-17-13(10-19-15)9-18-7-6-11-4-5-12(16)8-14(11)18/h4-8,10H,2-3,9H2,1H3. The number of aryl methyl sites for hydroxylation is 1. The van der Waals surface area contributed by atoms with E-state index < -0.39 is 0 Å². The smallest absolute Gasteiger partial charge is 0.125 e. The summed E-state index contributed by atoms with van der Waals surface area (Å²) in [6.07, 6.45) is 4.14. The minimum atomic E-state index is -0.197. The highest BCUT2D eigenvalue weighted by molar-refractivity contribution is 7.09. The van der Waals surface area contributed by atoms with E-state index in [1.807, 2.05) is 22.9 Å². The van der Waals surface area contributed by atoms with Crippen molar-refractivity contribution in [1.29, 1.82) is 0 Å². The number of benzene rings is 1. The normalized spacial score (nSPS) is 11.3. The van der Waals surface area contributed by atoms with Crippen LogP contribution in [0.2, 0.25) is 0 Å². The van der Waals surface area contributed by atoms with Gasteiger partial charge in [-0.25, -0.2) is 9.37 Å². The van der Waals surface area contributed by atoms with Gasteiger partial charge >= 0.3 is 0 Å². The molecule has 0 atom stereocenters. The molecule has 0 amide bonds. The predicted molar refractivity (Wildman–Crippen MR) is 77.1 cm³/mol. The Morgan fingerprint density at radius 3 is 3.05 bits per heavy atom. The third kappa shape index (κ3) is 2.54. The largest absolute Gasteiger partial charge is 0.341 e. The van der Waals surface area contributed by atoms with Gasteiger partial charge in [0.25, 0.3) is 0 Å². The van der Waals surface area contributed by atoms with Gasteiger partial charge in [-0.3, -0.25) is 0 Å². The number of hydrogen-bond donors (Lipinski definition) is 0. The highest BCUT2D eigenvalue weighted by Gasteiger charge is 2.06. The van der Waals surface area contributed by atoms with Gasteiger partial charge in [-0.05, 0) is 42.5 Å². The quantitative estimate of drug-likeness (QED) is 0.696. The average Bonchev–Trinajstić information content (AvgIpc) is 2.98. The Morgan fingerprint density at radius 2 is 2.21 bits per heavy atom. The Hall–Kier alpha value is -1.68. The molecular weight excluding hydrogens is 259 g/mol. The molecule has 98 valence electrons. The lowest BCUT2D eigenvalue weighted by molar-refractivity contribution is 0.628. The Balaban J connectivity index is 1.89. The van der Waals surface area contributed by atoms with Crippen LogP contribution >= 0.6 is 11.3 Å². The molecule has 0 radical (unpaired) electrons. The summed E-state index contributed by atoms with van der Waals surface area (Å²) >= 11 is 1.71. The molecule has 3 rings (SSSR count). The molecule has 0 bridgehead atoms. The van der Waals surface area contributed by atoms with Gasteiger partial charge in [-0.1, -0.05) is 6.92 Å². The zero-order valence-corrected chi connectivity index (χ0v) is 11.6. The fourth-order valence-electron chi connectivity index (χ4n) is 2.22. The predicted octanol–water partition coefficient (Wildman–Crippen LogP) is 4.24. The molecule has 0 saturated heterocycles. The van der Waals surface area contributed by atoms with Gasteiger partial charge in [0.15, 0.2) is 0 Å². The molecule has 0 fully saturated rings. The average molecular weight is 274 g/mol. The van der Waals surface area contributed by atoms with Crippen molar-refractivity contribution < 1.29 is 4.39 Å². The second-order valence-corrected chi connectivity index (χ2v) is 5.57. The molecule has 0 saturated carbocycles. The van der Waals surface area contributed by atoms with Gasteiger partial charge in [0.1, 0.15) is 5.82 Å². The molecule has 0 aliphatic heterocycles. The van der Waals surface area contributed by atoms with Crippen LogP contribution in [0.4, 0.5) is 4.39 Å². The SMILES string of the molecule is CCCc1nc(Cn2ccc3ccc(F)cc32)cs1. The number of nitrogens with zero attached hydrogens (tertiary/aromatic N) is 2. The third-order valence-electron chi connectivity index (χ3n) is 3.13. The fourth-order valence-corrected chi connectivity index (χ4v) is 3.11. The summed E-state index contributed by atoms with van der Waals surface area (Å²) in [5.74, 6) is -0.197. The zero-order chi connectivity index (χ0) is 13.2. The lowest BCUT2D eigenvalue weighted by atomic mass is 10.2. The molecule has 3 aromatic rings. The van der Waals surface area contributed by atoms with Crippen molar-refractivity contribution in [2.75, 3.05) is 0 Å². The van der Waals surface area contributed by atoms with Crippen LogP contribution < -0.4 is 0 Å². The molecule has 4 heteroatoms. The maximum absolute atomic E-state index is 13.3. The van der Waals surface area contributed by atoms with Crippen LogP contribution in [-0.2, 0) is 13.0 Å². The summed E-state index contributed by atoms with van der Waals surface area (Å²) in [5, 5.41) is 4.33. The summed E-state index contributed by atoms with van der Waals surface area (Å²) in [4.78, 5) is 4.61. The molecule has 19 heavy (non-hydrogen) atoms. The minimum Gasteiger partial charge on any atom is -0.341 e. The van der Waals surface area contributed by atoms with Crippen molar-refractivity contribution >= 4 is 22.2 Å². The number of aromatic nitrogens is 2. The van der Waals surface area contributed by atoms with Gasteiger partial charge in [-0.2, -0.15) is 0 Å². The van der Waals surface area contributed by atoms with Crippen molar-refractivity contribution in [1.82, 2.24) is 9.55 Å². The van der Waals surface area contributed by atoms with E-state index in [-0.39, 0.29) is 5.82 Å². The van der Waals surface area contributed by atoms with Crippen LogP contribution in [-0.4, -0.2) is 9.55 Å². The van der Waals surface area contributed by atoms with Gasteiger partial charge in [0.05, 0.1) is 22.8 Å². The molecule has 0 unspecified atom stereocenters. The summed E-state index contributed by atoms with van der Waals surface area (Å²) in [5.41, 5.74) is 1.97. The first-order valence-corrected chi connectivity index (χ1v) is 7.32. The fraction of sp³-hybridized carbons (Fsp3) is 0.267. The van der Waals surface area contributed by atoms with E-state index in [0.29, 0.717) is 6.54 Å². The topological polar surface area (TPSA) is 17.8 Å². The molecule has 2 nitrogen and oxygen atoms in total. The third-order valence-corrected chi connectivity index (χ3v) is 4.09. The van der Waals surface area contributed by atoms with Crippen molar-refractivity contribution in [2.24, 2.45) is 0 Å². The number of halogens is 1. The van der Waals surface area contributed by atoms with Gasteiger partial charge in [-0.15, -0.1) is 11.3 Å². The Morgan fingerprint density at radius 1 is 1.32 bits per heavy atom. The minimum absolute atomic E-state index is 0.197. The Bertz CT molecular complexity index is 699. The Labute approximate surface area is 115 Å². The zero-order valence-electron chi connectivity index (χ0n) is 10.8. The van der Waals surface area contributed by atoms with E-state index in [4.69, 9.17) is 0 Å². The van der Waals surface area contributed by atoms with Crippen molar-refractivity contribution in [3.05, 3.63) is 52.4 Å². The van der Waals surface area contributed by atoms with Crippen LogP contribution in [0.5, 0.6) is 0 Å². The monoisotopic (exact) mass is 274 g/mol. The molecule has 0 spiro atoms. The van der Waals surface area contributed by atoms with E-state index in [1.165, 1.54) is 11.1 Å². The van der Waals surface area contributed by atoms with E-state index in [9.17, 15) is 4.39 Å². The van der Waals surface area contributed by atoms with Crippen LogP contribution in [0.15, 0.2) is 35.8 Å². The number of thiazole rings is 1. The summed E-state index contributed by atoms with van der Waals surface area (Å²) in [7, 11) is 0. The van der Waals surface area contributed by atoms with Crippen LogP contribution in [0.1, 0.15) is 24.0 Å². The first kappa shape index (κ1) is 12.4. The molecular formula is C15H15FN2S. The number of rotatable bonds is 4. The Kier molecular flexibility index (Phi) is 3.34. The van der Waals surface area contributed by atoms with E-state index >= 15 is 0 Å². The van der Waals surface area contributed by atoms with Crippen molar-refractivity contribution in [2.45, 2.75) is 26.3 Å². The first-order valence-electron chi connectivity index (χ1n) is 6.44. The number of hydrogen-bond acceptors (Lipinski definition) is 2. The van der Waals surface area contributed by atoms with Gasteiger partial charge in [0, 0.05) is 11.6 Å². The molecule has 2 heterocycles. The second kappa shape index (κ2) is 5.13. The lowest BCUT2D eigenvalue weighted by Gasteiger charge is -2.03. The second-order valence-electron chi connectivity index (χ2n) is 4.63. The maximum atomic E-state index is 13.3. The van der Waals surface area contributed by atoms with Gasteiger partial charge in [0.2, 0.25) is 0 Å². The van der Waals surface area contributed by atoms with E-state index in [0.717, 1.165) is 29.4 Å². The lowest BCUT2D eigenvalue weighted by Crippen LogP contribution is -1.98. The summed E-state index contributed by atoms with van der Waals surface area (Å²) in [6.45, 7) is 2.86. The molecule has 0 aliphatic rings. The molecule has 0 aliphatic carbocycles. The van der Waals surface area contributed by atoms with Gasteiger partial charge < -0.3 is 4.57 Å². The van der Waals surface area contributed by atoms with Crippen LogP contribution in [0.3, 0.4) is 0 Å². The highest BCUT2D eigenvalue weighted by atomic mass is 32.1. The molecule has 0 N–H and O–H groups in total. The summed E-state index contributed by atoms with van der Waals surface area (Å²) in [6, 6.07) is 6.89. The van der Waals surface area contributed by atoms with E-state index in [2.05, 4.69) is 17.3 Å². The maximum Gasteiger partial charge on any atom is 0.125 e. The summed E-state index contributed by atoms with van der Waals surface area (Å²) < 4.78 is 15.4. The highest BCUT2D eigenvalue weighted by Crippen LogP contribution is 2.19. The van der Waals surface area contributed by atoms with Crippen molar-refractivity contribution in [3.63, 3.8) is 0 Å². The van der Waals surface area contributed by atoms with Crippen LogP contribution in [0.25, 0.3) is 10.9 Å². The van der Waals surface area contributed by atoms with Crippen molar-refractivity contribution in [3.8, 4) is 0 Å². The first-order chi connectivity index (χ1) is 9.26. The molecule has 1 aromatic carbocycles.